The first-order chi connectivity index (χ1) is 10.6. The first-order valence-corrected chi connectivity index (χ1v) is 7.22. The van der Waals surface area contributed by atoms with Gasteiger partial charge in [0.1, 0.15) is 11.7 Å². The average molecular weight is 311 g/mol. The van der Waals surface area contributed by atoms with Crippen LogP contribution in [0, 0.1) is 5.41 Å². The van der Waals surface area contributed by atoms with Crippen LogP contribution in [0.4, 0.5) is 0 Å². The van der Waals surface area contributed by atoms with E-state index < -0.39 is 0 Å². The maximum atomic E-state index is 7.69. The molecule has 0 aliphatic rings. The molecule has 2 aromatic carbocycles. The third-order valence-corrected chi connectivity index (χ3v) is 3.68. The predicted molar refractivity (Wildman–Crippen MR) is 89.2 cm³/mol. The Labute approximate surface area is 133 Å². The molecule has 3 N–H and O–H groups in total. The quantitative estimate of drug-likeness (QED) is 0.571. The summed E-state index contributed by atoms with van der Waals surface area (Å²) in [5.74, 6) is 0.904. The number of benzene rings is 2. The van der Waals surface area contributed by atoms with Crippen molar-refractivity contribution in [1.29, 1.82) is 5.41 Å². The van der Waals surface area contributed by atoms with E-state index in [9.17, 15) is 0 Å². The number of nitrogens with two attached hydrogens (primary N) is 1. The molecule has 0 aliphatic carbocycles. The van der Waals surface area contributed by atoms with Crippen LogP contribution >= 0.6 is 11.6 Å². The van der Waals surface area contributed by atoms with Crippen LogP contribution in [0.3, 0.4) is 0 Å². The van der Waals surface area contributed by atoms with Crippen LogP contribution in [0.1, 0.15) is 11.1 Å². The number of amidine groups is 1. The third-order valence-electron chi connectivity index (χ3n) is 3.45. The summed E-state index contributed by atoms with van der Waals surface area (Å²) in [5.41, 5.74) is 8.34. The number of nitrogens with one attached hydrogen (secondary N) is 1. The van der Waals surface area contributed by atoms with E-state index in [1.165, 1.54) is 0 Å². The maximum Gasteiger partial charge on any atom is 0.140 e. The van der Waals surface area contributed by atoms with E-state index in [2.05, 4.69) is 4.98 Å². The summed E-state index contributed by atoms with van der Waals surface area (Å²) < 4.78 is 2.02. The van der Waals surface area contributed by atoms with E-state index in [0.717, 1.165) is 22.5 Å². The molecule has 3 rings (SSSR count). The Kier molecular flexibility index (Phi) is 3.94. The second kappa shape index (κ2) is 6.03. The zero-order chi connectivity index (χ0) is 15.5. The molecule has 0 saturated carbocycles. The van der Waals surface area contributed by atoms with E-state index in [1.807, 2.05) is 59.3 Å². The number of nitrogen functional groups attached to an aromatic ring is 1. The van der Waals surface area contributed by atoms with E-state index in [4.69, 9.17) is 22.7 Å². The number of nitrogens with zero attached hydrogens (tertiary/aromatic N) is 2. The number of halogens is 1. The Bertz CT molecular complexity index is 823. The van der Waals surface area contributed by atoms with Crippen molar-refractivity contribution in [2.75, 3.05) is 0 Å². The Balaban J connectivity index is 1.99. The summed E-state index contributed by atoms with van der Waals surface area (Å²) in [6.07, 6.45) is 3.67. The number of aromatic nitrogens is 2. The van der Waals surface area contributed by atoms with Gasteiger partial charge in [0.15, 0.2) is 0 Å². The number of hydrogen-bond acceptors (Lipinski definition) is 2. The van der Waals surface area contributed by atoms with Crippen LogP contribution in [0.15, 0.2) is 60.9 Å². The normalized spacial score (nSPS) is 10.6. The molecule has 1 heterocycles. The minimum absolute atomic E-state index is 0.0695. The molecule has 0 bridgehead atoms. The molecule has 0 radical (unpaired) electrons. The maximum absolute atomic E-state index is 7.69. The minimum Gasteiger partial charge on any atom is -0.384 e. The van der Waals surface area contributed by atoms with Crippen LogP contribution in [0.5, 0.6) is 0 Å². The van der Waals surface area contributed by atoms with Gasteiger partial charge in [-0.3, -0.25) is 5.41 Å². The molecule has 0 saturated heterocycles. The first kappa shape index (κ1) is 14.4. The summed E-state index contributed by atoms with van der Waals surface area (Å²) in [5, 5.41) is 8.36. The van der Waals surface area contributed by atoms with Crippen LogP contribution < -0.4 is 5.73 Å². The molecule has 0 fully saturated rings. The molecular formula is C17H15ClN4. The van der Waals surface area contributed by atoms with Crippen molar-refractivity contribution in [3.63, 3.8) is 0 Å². The lowest BCUT2D eigenvalue weighted by molar-refractivity contribution is 0.805. The molecule has 3 aromatic rings. The topological polar surface area (TPSA) is 67.7 Å². The highest BCUT2D eigenvalue weighted by atomic mass is 35.5. The molecule has 22 heavy (non-hydrogen) atoms. The smallest absolute Gasteiger partial charge is 0.140 e. The summed E-state index contributed by atoms with van der Waals surface area (Å²) in [6.45, 7) is 0.595. The summed E-state index contributed by atoms with van der Waals surface area (Å²) in [6, 6.07) is 15.2. The molecule has 0 atom stereocenters. The van der Waals surface area contributed by atoms with Crippen molar-refractivity contribution in [2.24, 2.45) is 5.73 Å². The van der Waals surface area contributed by atoms with E-state index >= 15 is 0 Å². The van der Waals surface area contributed by atoms with Gasteiger partial charge in [-0.05, 0) is 17.7 Å². The van der Waals surface area contributed by atoms with Crippen LogP contribution in [-0.2, 0) is 6.54 Å². The average Bonchev–Trinajstić information content (AvgIpc) is 2.96. The molecule has 5 heteroatoms. The largest absolute Gasteiger partial charge is 0.384 e. The lowest BCUT2D eigenvalue weighted by atomic mass is 10.1. The van der Waals surface area contributed by atoms with Gasteiger partial charge in [-0.25, -0.2) is 4.98 Å². The predicted octanol–water partition coefficient (Wildman–Crippen LogP) is 3.54. The van der Waals surface area contributed by atoms with Crippen LogP contribution in [-0.4, -0.2) is 15.4 Å². The summed E-state index contributed by atoms with van der Waals surface area (Å²) in [4.78, 5) is 4.42. The monoisotopic (exact) mass is 310 g/mol. The minimum atomic E-state index is 0.0695. The molecule has 0 aliphatic heterocycles. The molecule has 110 valence electrons. The van der Waals surface area contributed by atoms with Crippen molar-refractivity contribution >= 4 is 17.4 Å². The lowest BCUT2D eigenvalue weighted by Crippen LogP contribution is -2.15. The Hall–Kier alpha value is -2.59. The Morgan fingerprint density at radius 3 is 2.77 bits per heavy atom. The van der Waals surface area contributed by atoms with Crippen LogP contribution in [0.25, 0.3) is 11.4 Å². The molecule has 4 nitrogen and oxygen atoms in total. The third kappa shape index (κ3) is 2.87. The first-order valence-electron chi connectivity index (χ1n) is 6.84. The van der Waals surface area contributed by atoms with Gasteiger partial charge in [-0.1, -0.05) is 48.0 Å². The van der Waals surface area contributed by atoms with Gasteiger partial charge in [0.2, 0.25) is 0 Å². The van der Waals surface area contributed by atoms with Crippen LogP contribution in [0.2, 0.25) is 5.02 Å². The van der Waals surface area contributed by atoms with Crippen molar-refractivity contribution < 1.29 is 0 Å². The number of rotatable bonds is 4. The molecule has 0 unspecified atom stereocenters. The van der Waals surface area contributed by atoms with Crippen molar-refractivity contribution in [3.05, 3.63) is 77.1 Å². The zero-order valence-electron chi connectivity index (χ0n) is 11.8. The van der Waals surface area contributed by atoms with Gasteiger partial charge in [-0.15, -0.1) is 0 Å². The Morgan fingerprint density at radius 1 is 1.18 bits per heavy atom. The van der Waals surface area contributed by atoms with Crippen molar-refractivity contribution in [2.45, 2.75) is 6.54 Å². The standard InChI is InChI=1S/C17H15ClN4/c18-14-6-3-5-12(10-14)17-21-8-9-22(17)11-13-4-1-2-7-15(13)16(19)20/h1-10H,11H2,(H3,19,20). The Morgan fingerprint density at radius 2 is 2.00 bits per heavy atom. The van der Waals surface area contributed by atoms with E-state index in [1.54, 1.807) is 6.20 Å². The van der Waals surface area contributed by atoms with E-state index in [0.29, 0.717) is 11.6 Å². The summed E-state index contributed by atoms with van der Waals surface area (Å²) >= 11 is 6.06. The van der Waals surface area contributed by atoms with Gasteiger partial charge in [-0.2, -0.15) is 0 Å². The fraction of sp³-hybridized carbons (Fsp3) is 0.0588. The fourth-order valence-electron chi connectivity index (χ4n) is 2.43. The highest BCUT2D eigenvalue weighted by molar-refractivity contribution is 6.30. The van der Waals surface area contributed by atoms with Gasteiger partial charge in [0.05, 0.1) is 0 Å². The van der Waals surface area contributed by atoms with Crippen molar-refractivity contribution in [3.8, 4) is 11.4 Å². The number of hydrogen-bond donors (Lipinski definition) is 2. The van der Waals surface area contributed by atoms with E-state index in [-0.39, 0.29) is 5.84 Å². The molecular weight excluding hydrogens is 296 g/mol. The van der Waals surface area contributed by atoms with Gasteiger partial charge < -0.3 is 10.3 Å². The molecule has 0 spiro atoms. The highest BCUT2D eigenvalue weighted by Gasteiger charge is 2.10. The zero-order valence-corrected chi connectivity index (χ0v) is 12.6. The summed E-state index contributed by atoms with van der Waals surface area (Å²) in [7, 11) is 0. The van der Waals surface area contributed by atoms with Gasteiger partial charge >= 0.3 is 0 Å². The second-order valence-corrected chi connectivity index (χ2v) is 5.40. The fourth-order valence-corrected chi connectivity index (χ4v) is 2.62. The van der Waals surface area contributed by atoms with Crippen molar-refractivity contribution in [1.82, 2.24) is 9.55 Å². The van der Waals surface area contributed by atoms with Gasteiger partial charge in [0, 0.05) is 35.1 Å². The lowest BCUT2D eigenvalue weighted by Gasteiger charge is -2.11. The van der Waals surface area contributed by atoms with Gasteiger partial charge in [0.25, 0.3) is 0 Å². The SMILES string of the molecule is N=C(N)c1ccccc1Cn1ccnc1-c1cccc(Cl)c1. The number of imidazole rings is 1. The second-order valence-electron chi connectivity index (χ2n) is 4.96. The highest BCUT2D eigenvalue weighted by Crippen LogP contribution is 2.22. The molecule has 1 aromatic heterocycles. The molecule has 0 amide bonds.